The summed E-state index contributed by atoms with van der Waals surface area (Å²) in [6.07, 6.45) is 7.41. The molecule has 1 aromatic rings. The second-order valence-electron chi connectivity index (χ2n) is 4.28. The molecule has 1 rings (SSSR count). The zero-order chi connectivity index (χ0) is 11.8. The minimum absolute atomic E-state index is 0.155. The second-order valence-corrected chi connectivity index (χ2v) is 5.57. The van der Waals surface area contributed by atoms with Crippen LogP contribution in [0, 0.1) is 5.82 Å². The van der Waals surface area contributed by atoms with Crippen LogP contribution in [-0.4, -0.2) is 4.83 Å². The van der Waals surface area contributed by atoms with Crippen LogP contribution in [0.5, 0.6) is 0 Å². The highest BCUT2D eigenvalue weighted by Crippen LogP contribution is 2.17. The molecule has 0 fully saturated rings. The normalized spacial score (nSPS) is 12.7. The molecular weight excluding hydrogens is 267 g/mol. The lowest BCUT2D eigenvalue weighted by Gasteiger charge is -2.09. The SMILES string of the molecule is CCCCCCC(Br)Cc1ccc(F)cc1. The van der Waals surface area contributed by atoms with Gasteiger partial charge >= 0.3 is 0 Å². The molecule has 0 N–H and O–H groups in total. The van der Waals surface area contributed by atoms with E-state index in [1.807, 2.05) is 12.1 Å². The highest BCUT2D eigenvalue weighted by molar-refractivity contribution is 9.09. The lowest BCUT2D eigenvalue weighted by atomic mass is 10.0. The van der Waals surface area contributed by atoms with Crippen molar-refractivity contribution in [3.63, 3.8) is 0 Å². The van der Waals surface area contributed by atoms with Crippen molar-refractivity contribution in [3.8, 4) is 0 Å². The summed E-state index contributed by atoms with van der Waals surface area (Å²) in [5.74, 6) is -0.155. The van der Waals surface area contributed by atoms with Gasteiger partial charge in [-0.1, -0.05) is 60.7 Å². The van der Waals surface area contributed by atoms with E-state index in [1.165, 1.54) is 49.8 Å². The summed E-state index contributed by atoms with van der Waals surface area (Å²) in [4.78, 5) is 0.523. The maximum Gasteiger partial charge on any atom is 0.123 e. The van der Waals surface area contributed by atoms with Gasteiger partial charge < -0.3 is 0 Å². The van der Waals surface area contributed by atoms with Gasteiger partial charge in [0.05, 0.1) is 0 Å². The van der Waals surface area contributed by atoms with Crippen molar-refractivity contribution < 1.29 is 4.39 Å². The minimum atomic E-state index is -0.155. The zero-order valence-electron chi connectivity index (χ0n) is 9.89. The number of hydrogen-bond donors (Lipinski definition) is 0. The number of alkyl halides is 1. The van der Waals surface area contributed by atoms with Gasteiger partial charge in [-0.25, -0.2) is 4.39 Å². The fourth-order valence-corrected chi connectivity index (χ4v) is 2.47. The van der Waals surface area contributed by atoms with E-state index in [4.69, 9.17) is 0 Å². The van der Waals surface area contributed by atoms with E-state index in [0.29, 0.717) is 4.83 Å². The molecule has 0 bridgehead atoms. The Morgan fingerprint density at radius 1 is 1.12 bits per heavy atom. The molecule has 16 heavy (non-hydrogen) atoms. The third-order valence-electron chi connectivity index (χ3n) is 2.74. The van der Waals surface area contributed by atoms with Crippen LogP contribution in [0.15, 0.2) is 24.3 Å². The maximum absolute atomic E-state index is 12.7. The Morgan fingerprint density at radius 3 is 2.44 bits per heavy atom. The van der Waals surface area contributed by atoms with Gasteiger partial charge in [-0.2, -0.15) is 0 Å². The summed E-state index contributed by atoms with van der Waals surface area (Å²) in [6.45, 7) is 2.23. The molecule has 1 unspecified atom stereocenters. The highest BCUT2D eigenvalue weighted by Gasteiger charge is 2.05. The first-order valence-electron chi connectivity index (χ1n) is 6.11. The Bertz CT molecular complexity index is 281. The van der Waals surface area contributed by atoms with Crippen LogP contribution in [0.3, 0.4) is 0 Å². The first-order chi connectivity index (χ1) is 7.72. The number of halogens is 2. The van der Waals surface area contributed by atoms with Crippen LogP contribution in [0.4, 0.5) is 4.39 Å². The summed E-state index contributed by atoms with van der Waals surface area (Å²) < 4.78 is 12.7. The Hall–Kier alpha value is -0.370. The predicted octanol–water partition coefficient (Wildman–Crippen LogP) is 5.10. The smallest absolute Gasteiger partial charge is 0.123 e. The molecule has 0 heterocycles. The largest absolute Gasteiger partial charge is 0.207 e. The van der Waals surface area contributed by atoms with Gasteiger partial charge in [0.2, 0.25) is 0 Å². The number of unbranched alkanes of at least 4 members (excludes halogenated alkanes) is 3. The van der Waals surface area contributed by atoms with Crippen molar-refractivity contribution in [2.45, 2.75) is 50.3 Å². The van der Waals surface area contributed by atoms with E-state index in [9.17, 15) is 4.39 Å². The summed E-state index contributed by atoms with van der Waals surface area (Å²) in [7, 11) is 0. The average molecular weight is 287 g/mol. The number of hydrogen-bond acceptors (Lipinski definition) is 0. The van der Waals surface area contributed by atoms with Crippen LogP contribution in [-0.2, 0) is 6.42 Å². The monoisotopic (exact) mass is 286 g/mol. The molecule has 0 nitrogen and oxygen atoms in total. The van der Waals surface area contributed by atoms with Gasteiger partial charge in [-0.15, -0.1) is 0 Å². The van der Waals surface area contributed by atoms with Crippen molar-refractivity contribution in [3.05, 3.63) is 35.6 Å². The first-order valence-corrected chi connectivity index (χ1v) is 7.02. The summed E-state index contributed by atoms with van der Waals surface area (Å²) in [5, 5.41) is 0. The Labute approximate surface area is 106 Å². The summed E-state index contributed by atoms with van der Waals surface area (Å²) >= 11 is 3.69. The van der Waals surface area contributed by atoms with Crippen LogP contribution < -0.4 is 0 Å². The molecule has 0 amide bonds. The number of rotatable bonds is 7. The number of benzene rings is 1. The van der Waals surface area contributed by atoms with Crippen LogP contribution >= 0.6 is 15.9 Å². The summed E-state index contributed by atoms with van der Waals surface area (Å²) in [6, 6.07) is 6.81. The fraction of sp³-hybridized carbons (Fsp3) is 0.571. The molecule has 0 spiro atoms. The maximum atomic E-state index is 12.7. The topological polar surface area (TPSA) is 0 Å². The van der Waals surface area contributed by atoms with Crippen molar-refractivity contribution in [1.29, 1.82) is 0 Å². The van der Waals surface area contributed by atoms with Crippen molar-refractivity contribution in [1.82, 2.24) is 0 Å². The average Bonchev–Trinajstić information content (AvgIpc) is 2.28. The van der Waals surface area contributed by atoms with E-state index in [2.05, 4.69) is 22.9 Å². The molecule has 1 aromatic carbocycles. The molecule has 90 valence electrons. The molecular formula is C14H20BrF. The molecule has 0 aliphatic heterocycles. The van der Waals surface area contributed by atoms with Crippen molar-refractivity contribution in [2.75, 3.05) is 0 Å². The molecule has 0 aliphatic carbocycles. The molecule has 0 saturated carbocycles. The van der Waals surface area contributed by atoms with Crippen LogP contribution in [0.25, 0.3) is 0 Å². The molecule has 0 aromatic heterocycles. The van der Waals surface area contributed by atoms with Gasteiger partial charge in [0.25, 0.3) is 0 Å². The quantitative estimate of drug-likeness (QED) is 0.483. The molecule has 0 radical (unpaired) electrons. The predicted molar refractivity (Wildman–Crippen MR) is 71.6 cm³/mol. The zero-order valence-corrected chi connectivity index (χ0v) is 11.5. The van der Waals surface area contributed by atoms with Gasteiger partial charge in [0, 0.05) is 4.83 Å². The third kappa shape index (κ3) is 5.64. The van der Waals surface area contributed by atoms with Gasteiger partial charge in [0.1, 0.15) is 5.82 Å². The lowest BCUT2D eigenvalue weighted by Crippen LogP contribution is -2.02. The lowest BCUT2D eigenvalue weighted by molar-refractivity contribution is 0.616. The van der Waals surface area contributed by atoms with Crippen LogP contribution in [0.1, 0.15) is 44.6 Å². The van der Waals surface area contributed by atoms with Gasteiger partial charge in [-0.3, -0.25) is 0 Å². The van der Waals surface area contributed by atoms with Gasteiger partial charge in [-0.05, 0) is 30.5 Å². The molecule has 2 heteroatoms. The van der Waals surface area contributed by atoms with E-state index in [0.717, 1.165) is 6.42 Å². The van der Waals surface area contributed by atoms with E-state index < -0.39 is 0 Å². The van der Waals surface area contributed by atoms with Crippen LogP contribution in [0.2, 0.25) is 0 Å². The second kappa shape index (κ2) is 7.83. The van der Waals surface area contributed by atoms with Crippen molar-refractivity contribution >= 4 is 15.9 Å². The molecule has 0 saturated heterocycles. The molecule has 0 aliphatic rings. The minimum Gasteiger partial charge on any atom is -0.207 e. The Kier molecular flexibility index (Phi) is 6.70. The highest BCUT2D eigenvalue weighted by atomic mass is 79.9. The standard InChI is InChI=1S/C14H20BrF/c1-2-3-4-5-6-13(15)11-12-7-9-14(16)10-8-12/h7-10,13H,2-6,11H2,1H3. The van der Waals surface area contributed by atoms with Gasteiger partial charge in [0.15, 0.2) is 0 Å². The van der Waals surface area contributed by atoms with E-state index in [1.54, 1.807) is 0 Å². The fourth-order valence-electron chi connectivity index (χ4n) is 1.77. The first kappa shape index (κ1) is 13.7. The molecule has 1 atom stereocenters. The van der Waals surface area contributed by atoms with E-state index in [-0.39, 0.29) is 5.82 Å². The summed E-state index contributed by atoms with van der Waals surface area (Å²) in [5.41, 5.74) is 1.21. The Balaban J connectivity index is 2.23. The Morgan fingerprint density at radius 2 is 1.81 bits per heavy atom. The van der Waals surface area contributed by atoms with Crippen molar-refractivity contribution in [2.24, 2.45) is 0 Å². The van der Waals surface area contributed by atoms with E-state index >= 15 is 0 Å². The third-order valence-corrected chi connectivity index (χ3v) is 3.52.